The average molecular weight is 305 g/mol. The molecule has 0 saturated heterocycles. The van der Waals surface area contributed by atoms with Crippen LogP contribution >= 0.6 is 0 Å². The van der Waals surface area contributed by atoms with Crippen molar-refractivity contribution in [3.63, 3.8) is 0 Å². The zero-order valence-corrected chi connectivity index (χ0v) is 12.8. The van der Waals surface area contributed by atoms with E-state index in [9.17, 15) is 8.42 Å². The molecule has 21 heavy (non-hydrogen) atoms. The highest BCUT2D eigenvalue weighted by Gasteiger charge is 2.26. The van der Waals surface area contributed by atoms with E-state index < -0.39 is 10.0 Å². The minimum absolute atomic E-state index is 0.0138. The number of aryl methyl sites for hydroxylation is 2. The lowest BCUT2D eigenvalue weighted by atomic mass is 9.94. The molecule has 0 fully saturated rings. The third kappa shape index (κ3) is 3.33. The summed E-state index contributed by atoms with van der Waals surface area (Å²) >= 11 is 0. The van der Waals surface area contributed by atoms with Crippen LogP contribution in [0.3, 0.4) is 0 Å². The SMILES string of the molecule is Cn1cc2c(n1)CCCC2NS(=O)(=O)Cc1ccccc1. The molecule has 1 N–H and O–H groups in total. The Balaban J connectivity index is 1.77. The molecule has 1 aromatic heterocycles. The summed E-state index contributed by atoms with van der Waals surface area (Å²) in [4.78, 5) is 0. The van der Waals surface area contributed by atoms with Crippen LogP contribution in [0.2, 0.25) is 0 Å². The summed E-state index contributed by atoms with van der Waals surface area (Å²) in [5.41, 5.74) is 2.82. The van der Waals surface area contributed by atoms with Gasteiger partial charge in [-0.15, -0.1) is 0 Å². The fourth-order valence-electron chi connectivity index (χ4n) is 2.84. The highest BCUT2D eigenvalue weighted by molar-refractivity contribution is 7.88. The van der Waals surface area contributed by atoms with Crippen LogP contribution in [0.5, 0.6) is 0 Å². The lowest BCUT2D eigenvalue weighted by Crippen LogP contribution is -2.31. The third-order valence-electron chi connectivity index (χ3n) is 3.74. The summed E-state index contributed by atoms with van der Waals surface area (Å²) in [6.45, 7) is 0. The molecular weight excluding hydrogens is 286 g/mol. The predicted octanol–water partition coefficient (Wildman–Crippen LogP) is 1.92. The molecule has 1 aromatic carbocycles. The van der Waals surface area contributed by atoms with E-state index in [-0.39, 0.29) is 11.8 Å². The molecule has 1 aliphatic carbocycles. The van der Waals surface area contributed by atoms with Gasteiger partial charge in [0.15, 0.2) is 0 Å². The van der Waals surface area contributed by atoms with Crippen LogP contribution in [0, 0.1) is 0 Å². The molecule has 0 spiro atoms. The van der Waals surface area contributed by atoms with E-state index in [0.717, 1.165) is 36.1 Å². The van der Waals surface area contributed by atoms with Crippen molar-refractivity contribution in [1.82, 2.24) is 14.5 Å². The largest absolute Gasteiger partial charge is 0.275 e. The van der Waals surface area contributed by atoms with Gasteiger partial charge in [0.05, 0.1) is 17.5 Å². The van der Waals surface area contributed by atoms with Crippen molar-refractivity contribution in [2.45, 2.75) is 31.1 Å². The second kappa shape index (κ2) is 5.61. The Hall–Kier alpha value is -1.66. The first-order valence-corrected chi connectivity index (χ1v) is 8.75. The maximum absolute atomic E-state index is 12.3. The van der Waals surface area contributed by atoms with Gasteiger partial charge in [-0.1, -0.05) is 30.3 Å². The molecule has 6 heteroatoms. The predicted molar refractivity (Wildman–Crippen MR) is 81.1 cm³/mol. The van der Waals surface area contributed by atoms with E-state index in [1.165, 1.54) is 0 Å². The molecule has 1 unspecified atom stereocenters. The molecule has 1 heterocycles. The fraction of sp³-hybridized carbons (Fsp3) is 0.400. The van der Waals surface area contributed by atoms with Gasteiger partial charge in [-0.05, 0) is 24.8 Å². The average Bonchev–Trinajstić information content (AvgIpc) is 2.80. The Bertz CT molecular complexity index is 723. The summed E-state index contributed by atoms with van der Waals surface area (Å²) < 4.78 is 29.3. The first kappa shape index (κ1) is 14.3. The topological polar surface area (TPSA) is 64.0 Å². The van der Waals surface area contributed by atoms with Crippen molar-refractivity contribution >= 4 is 10.0 Å². The number of sulfonamides is 1. The Kier molecular flexibility index (Phi) is 3.82. The number of hydrogen-bond donors (Lipinski definition) is 1. The van der Waals surface area contributed by atoms with Crippen LogP contribution in [0.4, 0.5) is 0 Å². The summed E-state index contributed by atoms with van der Waals surface area (Å²) in [6, 6.07) is 9.09. The van der Waals surface area contributed by atoms with Crippen molar-refractivity contribution < 1.29 is 8.42 Å². The van der Waals surface area contributed by atoms with E-state index in [1.54, 1.807) is 4.68 Å². The van der Waals surface area contributed by atoms with Crippen LogP contribution in [-0.2, 0) is 29.2 Å². The van der Waals surface area contributed by atoms with Gasteiger partial charge >= 0.3 is 0 Å². The number of nitrogens with one attached hydrogen (secondary N) is 1. The first-order chi connectivity index (χ1) is 10.0. The Morgan fingerprint density at radius 1 is 1.33 bits per heavy atom. The van der Waals surface area contributed by atoms with Gasteiger partial charge in [0.25, 0.3) is 0 Å². The molecule has 0 aliphatic heterocycles. The van der Waals surface area contributed by atoms with Gasteiger partial charge in [0.1, 0.15) is 0 Å². The smallest absolute Gasteiger partial charge is 0.216 e. The maximum Gasteiger partial charge on any atom is 0.216 e. The van der Waals surface area contributed by atoms with Crippen molar-refractivity contribution in [2.24, 2.45) is 7.05 Å². The first-order valence-electron chi connectivity index (χ1n) is 7.10. The van der Waals surface area contributed by atoms with Crippen molar-refractivity contribution in [3.8, 4) is 0 Å². The lowest BCUT2D eigenvalue weighted by Gasteiger charge is -2.22. The van der Waals surface area contributed by atoms with Gasteiger partial charge in [0.2, 0.25) is 10.0 Å². The second-order valence-electron chi connectivity index (χ2n) is 5.51. The van der Waals surface area contributed by atoms with Gasteiger partial charge < -0.3 is 0 Å². The molecule has 3 rings (SSSR count). The maximum atomic E-state index is 12.3. The Labute approximate surface area is 125 Å². The molecule has 2 aromatic rings. The standard InChI is InChI=1S/C15H19N3O2S/c1-18-10-13-14(16-18)8-5-9-15(13)17-21(19,20)11-12-6-3-2-4-7-12/h2-4,6-7,10,15,17H,5,8-9,11H2,1H3. The third-order valence-corrected chi connectivity index (χ3v) is 5.10. The summed E-state index contributed by atoms with van der Waals surface area (Å²) in [6.07, 6.45) is 4.63. The van der Waals surface area contributed by atoms with E-state index in [1.807, 2.05) is 43.6 Å². The molecule has 112 valence electrons. The Morgan fingerprint density at radius 3 is 2.86 bits per heavy atom. The minimum Gasteiger partial charge on any atom is -0.275 e. The van der Waals surface area contributed by atoms with E-state index >= 15 is 0 Å². The number of rotatable bonds is 4. The molecule has 5 nitrogen and oxygen atoms in total. The van der Waals surface area contributed by atoms with Gasteiger partial charge in [-0.2, -0.15) is 5.10 Å². The van der Waals surface area contributed by atoms with Crippen molar-refractivity contribution in [3.05, 3.63) is 53.3 Å². The molecular formula is C15H19N3O2S. The van der Waals surface area contributed by atoms with E-state index in [0.29, 0.717) is 0 Å². The lowest BCUT2D eigenvalue weighted by molar-refractivity contribution is 0.505. The molecule has 1 aliphatic rings. The van der Waals surface area contributed by atoms with Crippen LogP contribution < -0.4 is 4.72 Å². The number of nitrogens with zero attached hydrogens (tertiary/aromatic N) is 2. The number of hydrogen-bond acceptors (Lipinski definition) is 3. The monoisotopic (exact) mass is 305 g/mol. The normalized spacial score (nSPS) is 18.4. The highest BCUT2D eigenvalue weighted by atomic mass is 32.2. The van der Waals surface area contributed by atoms with Crippen LogP contribution in [0.15, 0.2) is 36.5 Å². The zero-order valence-electron chi connectivity index (χ0n) is 12.0. The van der Waals surface area contributed by atoms with Crippen molar-refractivity contribution in [1.29, 1.82) is 0 Å². The molecule has 1 atom stereocenters. The molecule has 0 radical (unpaired) electrons. The van der Waals surface area contributed by atoms with Crippen molar-refractivity contribution in [2.75, 3.05) is 0 Å². The number of aromatic nitrogens is 2. The zero-order chi connectivity index (χ0) is 14.9. The van der Waals surface area contributed by atoms with E-state index in [2.05, 4.69) is 9.82 Å². The van der Waals surface area contributed by atoms with Crippen LogP contribution in [0.25, 0.3) is 0 Å². The summed E-state index contributed by atoms with van der Waals surface area (Å²) in [5.74, 6) is 0.0138. The van der Waals surface area contributed by atoms with E-state index in [4.69, 9.17) is 0 Å². The second-order valence-corrected chi connectivity index (χ2v) is 7.27. The van der Waals surface area contributed by atoms with Gasteiger partial charge in [-0.3, -0.25) is 4.68 Å². The molecule has 0 saturated carbocycles. The molecule has 0 amide bonds. The van der Waals surface area contributed by atoms with Gasteiger partial charge in [0, 0.05) is 18.8 Å². The van der Waals surface area contributed by atoms with Crippen LogP contribution in [-0.4, -0.2) is 18.2 Å². The fourth-order valence-corrected chi connectivity index (χ4v) is 4.23. The summed E-state index contributed by atoms with van der Waals surface area (Å²) in [5, 5.41) is 4.40. The minimum atomic E-state index is -3.35. The van der Waals surface area contributed by atoms with Crippen LogP contribution in [0.1, 0.15) is 35.7 Å². The summed E-state index contributed by atoms with van der Waals surface area (Å²) in [7, 11) is -1.49. The quantitative estimate of drug-likeness (QED) is 0.938. The molecule has 0 bridgehead atoms. The Morgan fingerprint density at radius 2 is 2.10 bits per heavy atom. The number of fused-ring (bicyclic) bond motifs is 1. The van der Waals surface area contributed by atoms with Gasteiger partial charge in [-0.25, -0.2) is 13.1 Å². The number of benzene rings is 1. The highest BCUT2D eigenvalue weighted by Crippen LogP contribution is 2.29.